The van der Waals surface area contributed by atoms with Gasteiger partial charge in [0.25, 0.3) is 0 Å². The largest absolute Gasteiger partial charge is 0.387 e. The molecule has 0 spiro atoms. The third-order valence-electron chi connectivity index (χ3n) is 2.14. The summed E-state index contributed by atoms with van der Waals surface area (Å²) < 4.78 is 13.4. The van der Waals surface area contributed by atoms with E-state index >= 15 is 0 Å². The molecule has 74 valence electrons. The van der Waals surface area contributed by atoms with Crippen molar-refractivity contribution >= 4 is 17.3 Å². The summed E-state index contributed by atoms with van der Waals surface area (Å²) in [6.45, 7) is 1.84. The molecule has 0 unspecified atom stereocenters. The van der Waals surface area contributed by atoms with Gasteiger partial charge in [-0.05, 0) is 19.1 Å². The lowest BCUT2D eigenvalue weighted by Gasteiger charge is -2.10. The molecule has 1 aromatic rings. The van der Waals surface area contributed by atoms with Crippen LogP contribution in [0, 0.1) is 5.82 Å². The van der Waals surface area contributed by atoms with Crippen LogP contribution < -0.4 is 0 Å². The van der Waals surface area contributed by atoms with Crippen LogP contribution in [0.1, 0.15) is 25.0 Å². The molecule has 0 amide bonds. The van der Waals surface area contributed by atoms with Crippen molar-refractivity contribution in [3.63, 3.8) is 0 Å². The lowest BCUT2D eigenvalue weighted by molar-refractivity contribution is 0.0830. The Morgan fingerprint density at radius 1 is 1.57 bits per heavy atom. The van der Waals surface area contributed by atoms with Crippen LogP contribution in [0.25, 0.3) is 0 Å². The highest BCUT2D eigenvalue weighted by molar-refractivity contribution is 6.31. The van der Waals surface area contributed by atoms with Crippen molar-refractivity contribution in [3.8, 4) is 0 Å². The molecule has 2 nitrogen and oxygen atoms in total. The van der Waals surface area contributed by atoms with E-state index in [1.165, 1.54) is 6.07 Å². The third-order valence-corrected chi connectivity index (χ3v) is 2.47. The van der Waals surface area contributed by atoms with Gasteiger partial charge in [-0.1, -0.05) is 22.8 Å². The molecule has 1 aliphatic heterocycles. The van der Waals surface area contributed by atoms with E-state index < -0.39 is 0 Å². The Bertz CT molecular complexity index is 371. The van der Waals surface area contributed by atoms with E-state index in [0.717, 1.165) is 5.71 Å². The number of rotatable bonds is 1. The number of hydrogen-bond donors (Lipinski definition) is 0. The summed E-state index contributed by atoms with van der Waals surface area (Å²) in [5, 5.41) is 4.16. The minimum Gasteiger partial charge on any atom is -0.387 e. The first kappa shape index (κ1) is 9.46. The maximum Gasteiger partial charge on any atom is 0.162 e. The van der Waals surface area contributed by atoms with Gasteiger partial charge in [0.15, 0.2) is 6.10 Å². The predicted octanol–water partition coefficient (Wildman–Crippen LogP) is 3.32. The standard InChI is InChI=1S/C10H9ClFNO/c1-6-5-9(14-13-6)10-7(11)3-2-4-8(10)12/h2-4,9H,5H2,1H3/t9-/m1/s1. The summed E-state index contributed by atoms with van der Waals surface area (Å²) in [6, 6.07) is 4.60. The van der Waals surface area contributed by atoms with Gasteiger partial charge in [-0.25, -0.2) is 4.39 Å². The molecule has 0 fully saturated rings. The van der Waals surface area contributed by atoms with E-state index in [1.807, 2.05) is 6.92 Å². The van der Waals surface area contributed by atoms with Gasteiger partial charge in [-0.3, -0.25) is 0 Å². The van der Waals surface area contributed by atoms with E-state index in [1.54, 1.807) is 12.1 Å². The second-order valence-corrected chi connectivity index (χ2v) is 3.67. The van der Waals surface area contributed by atoms with Crippen molar-refractivity contribution < 1.29 is 9.23 Å². The van der Waals surface area contributed by atoms with Crippen LogP contribution in [0.5, 0.6) is 0 Å². The van der Waals surface area contributed by atoms with Crippen molar-refractivity contribution in [1.82, 2.24) is 0 Å². The minimum absolute atomic E-state index is 0.340. The van der Waals surface area contributed by atoms with Crippen LogP contribution in [0.4, 0.5) is 4.39 Å². The highest BCUT2D eigenvalue weighted by Gasteiger charge is 2.25. The SMILES string of the molecule is CC1=NO[C@@H](c2c(F)cccc2Cl)C1. The molecular weight excluding hydrogens is 205 g/mol. The zero-order valence-corrected chi connectivity index (χ0v) is 8.38. The van der Waals surface area contributed by atoms with Crippen molar-refractivity contribution in [2.75, 3.05) is 0 Å². The summed E-state index contributed by atoms with van der Waals surface area (Å²) in [5.74, 6) is -0.340. The van der Waals surface area contributed by atoms with Crippen molar-refractivity contribution in [1.29, 1.82) is 0 Å². The summed E-state index contributed by atoms with van der Waals surface area (Å²) in [5.41, 5.74) is 1.25. The maximum atomic E-state index is 13.4. The Morgan fingerprint density at radius 3 is 2.93 bits per heavy atom. The first-order chi connectivity index (χ1) is 6.68. The minimum atomic E-state index is -0.372. The Labute approximate surface area is 86.3 Å². The number of nitrogens with zero attached hydrogens (tertiary/aromatic N) is 1. The zero-order chi connectivity index (χ0) is 10.1. The smallest absolute Gasteiger partial charge is 0.162 e. The van der Waals surface area contributed by atoms with Gasteiger partial charge in [-0.15, -0.1) is 0 Å². The molecule has 1 aromatic carbocycles. The number of benzene rings is 1. The average Bonchev–Trinajstić information content (AvgIpc) is 2.51. The number of oxime groups is 1. The van der Waals surface area contributed by atoms with E-state index in [9.17, 15) is 4.39 Å². The first-order valence-electron chi connectivity index (χ1n) is 4.31. The monoisotopic (exact) mass is 213 g/mol. The zero-order valence-electron chi connectivity index (χ0n) is 7.63. The van der Waals surface area contributed by atoms with Crippen molar-refractivity contribution in [2.24, 2.45) is 5.16 Å². The first-order valence-corrected chi connectivity index (χ1v) is 4.69. The van der Waals surface area contributed by atoms with Crippen LogP contribution in [0.2, 0.25) is 5.02 Å². The van der Waals surface area contributed by atoms with Gasteiger partial charge in [0.05, 0.1) is 10.7 Å². The average molecular weight is 214 g/mol. The Balaban J connectivity index is 2.33. The second-order valence-electron chi connectivity index (χ2n) is 3.26. The molecule has 0 aliphatic carbocycles. The summed E-state index contributed by atoms with van der Waals surface area (Å²) in [6.07, 6.45) is 0.226. The summed E-state index contributed by atoms with van der Waals surface area (Å²) in [4.78, 5) is 5.08. The van der Waals surface area contributed by atoms with Crippen LogP contribution in [0.15, 0.2) is 23.4 Å². The van der Waals surface area contributed by atoms with Gasteiger partial charge < -0.3 is 4.84 Å². The van der Waals surface area contributed by atoms with Crippen LogP contribution in [-0.2, 0) is 4.84 Å². The van der Waals surface area contributed by atoms with Gasteiger partial charge in [-0.2, -0.15) is 0 Å². The molecule has 0 saturated carbocycles. The Kier molecular flexibility index (Phi) is 2.42. The Morgan fingerprint density at radius 2 is 2.36 bits per heavy atom. The molecule has 0 saturated heterocycles. The predicted molar refractivity (Wildman–Crippen MR) is 53.0 cm³/mol. The van der Waals surface area contributed by atoms with E-state index in [2.05, 4.69) is 5.16 Å². The molecular formula is C10H9ClFNO. The molecule has 0 bridgehead atoms. The van der Waals surface area contributed by atoms with E-state index in [4.69, 9.17) is 16.4 Å². The van der Waals surface area contributed by atoms with E-state index in [0.29, 0.717) is 17.0 Å². The number of halogens is 2. The molecule has 0 radical (unpaired) electrons. The summed E-state index contributed by atoms with van der Waals surface area (Å²) in [7, 11) is 0. The van der Waals surface area contributed by atoms with Crippen LogP contribution in [0.3, 0.4) is 0 Å². The quantitative estimate of drug-likeness (QED) is 0.701. The highest BCUT2D eigenvalue weighted by Crippen LogP contribution is 2.33. The molecule has 14 heavy (non-hydrogen) atoms. The topological polar surface area (TPSA) is 21.6 Å². The van der Waals surface area contributed by atoms with Crippen LogP contribution >= 0.6 is 11.6 Å². The molecule has 1 heterocycles. The summed E-state index contributed by atoms with van der Waals surface area (Å²) >= 11 is 5.89. The molecule has 4 heteroatoms. The lowest BCUT2D eigenvalue weighted by Crippen LogP contribution is -2.01. The molecule has 0 aromatic heterocycles. The van der Waals surface area contributed by atoms with E-state index in [-0.39, 0.29) is 11.9 Å². The van der Waals surface area contributed by atoms with Crippen molar-refractivity contribution in [2.45, 2.75) is 19.4 Å². The fraction of sp³-hybridized carbons (Fsp3) is 0.300. The molecule has 0 N–H and O–H groups in total. The van der Waals surface area contributed by atoms with Gasteiger partial charge in [0.2, 0.25) is 0 Å². The van der Waals surface area contributed by atoms with Gasteiger partial charge in [0.1, 0.15) is 5.82 Å². The lowest BCUT2D eigenvalue weighted by atomic mass is 10.0. The van der Waals surface area contributed by atoms with Gasteiger partial charge in [0, 0.05) is 12.0 Å². The Hall–Kier alpha value is -1.09. The fourth-order valence-corrected chi connectivity index (χ4v) is 1.75. The fourth-order valence-electron chi connectivity index (χ4n) is 1.47. The molecule has 1 atom stereocenters. The third kappa shape index (κ3) is 1.60. The van der Waals surface area contributed by atoms with Crippen molar-refractivity contribution in [3.05, 3.63) is 34.6 Å². The second kappa shape index (κ2) is 3.58. The normalized spacial score (nSPS) is 20.5. The number of hydrogen-bond acceptors (Lipinski definition) is 2. The molecule has 2 rings (SSSR count). The highest BCUT2D eigenvalue weighted by atomic mass is 35.5. The maximum absolute atomic E-state index is 13.4. The van der Waals surface area contributed by atoms with Crippen LogP contribution in [-0.4, -0.2) is 5.71 Å². The van der Waals surface area contributed by atoms with Gasteiger partial charge >= 0.3 is 0 Å². The molecule has 1 aliphatic rings.